The molecule has 0 saturated carbocycles. The zero-order chi connectivity index (χ0) is 20.5. The Balaban J connectivity index is 1.69. The second-order valence-electron chi connectivity index (χ2n) is 6.95. The summed E-state index contributed by atoms with van der Waals surface area (Å²) in [6, 6.07) is 10.7. The minimum absolute atomic E-state index is 0.274. The predicted molar refractivity (Wildman–Crippen MR) is 108 cm³/mol. The fourth-order valence-electron chi connectivity index (χ4n) is 3.19. The van der Waals surface area contributed by atoms with Crippen molar-refractivity contribution in [1.82, 2.24) is 24.8 Å². The van der Waals surface area contributed by atoms with Crippen molar-refractivity contribution in [1.29, 1.82) is 0 Å². The zero-order valence-corrected chi connectivity index (χ0v) is 16.3. The van der Waals surface area contributed by atoms with Crippen molar-refractivity contribution in [2.75, 3.05) is 0 Å². The number of halogens is 1. The molecule has 4 aromatic rings. The van der Waals surface area contributed by atoms with Gasteiger partial charge in [0.25, 0.3) is 5.91 Å². The number of hydrogen-bond acceptors (Lipinski definition) is 4. The molecule has 1 atom stereocenters. The molecule has 2 aromatic heterocycles. The topological polar surface area (TPSA) is 72.7 Å². The van der Waals surface area contributed by atoms with Crippen LogP contribution in [0.1, 0.15) is 39.2 Å². The Bertz CT molecular complexity index is 1200. The van der Waals surface area contributed by atoms with Crippen molar-refractivity contribution in [2.24, 2.45) is 7.05 Å². The summed E-state index contributed by atoms with van der Waals surface area (Å²) >= 11 is 0. The van der Waals surface area contributed by atoms with E-state index < -0.39 is 6.04 Å². The van der Waals surface area contributed by atoms with E-state index >= 15 is 0 Å². The van der Waals surface area contributed by atoms with Crippen LogP contribution in [-0.2, 0) is 7.05 Å². The van der Waals surface area contributed by atoms with Gasteiger partial charge >= 0.3 is 0 Å². The smallest absolute Gasteiger partial charge is 0.252 e. The largest absolute Gasteiger partial charge is 0.338 e. The highest BCUT2D eigenvalue weighted by atomic mass is 19.1. The van der Waals surface area contributed by atoms with Crippen molar-refractivity contribution >= 4 is 16.9 Å². The zero-order valence-electron chi connectivity index (χ0n) is 16.3. The van der Waals surface area contributed by atoms with E-state index in [4.69, 9.17) is 0 Å². The Kier molecular flexibility index (Phi) is 4.80. The van der Waals surface area contributed by atoms with Crippen LogP contribution in [0.4, 0.5) is 4.39 Å². The monoisotopic (exact) mass is 389 g/mol. The second-order valence-corrected chi connectivity index (χ2v) is 6.95. The molecule has 0 aliphatic heterocycles. The first kappa shape index (κ1) is 18.7. The van der Waals surface area contributed by atoms with Gasteiger partial charge in [-0.25, -0.2) is 19.3 Å². The van der Waals surface area contributed by atoms with Crippen LogP contribution in [-0.4, -0.2) is 25.4 Å². The number of rotatable bonds is 4. The molecule has 0 aliphatic carbocycles. The predicted octanol–water partition coefficient (Wildman–Crippen LogP) is 3.64. The van der Waals surface area contributed by atoms with Crippen LogP contribution in [0.2, 0.25) is 0 Å². The maximum atomic E-state index is 13.4. The van der Waals surface area contributed by atoms with Crippen LogP contribution in [0.5, 0.6) is 0 Å². The summed E-state index contributed by atoms with van der Waals surface area (Å²) in [7, 11) is 1.85. The van der Waals surface area contributed by atoms with Gasteiger partial charge in [0, 0.05) is 25.0 Å². The standard InChI is InChI=1S/C22H20FN5O/c1-13-14(2)26-19-12-16(6-9-18(19)25-13)22(29)27-20(21-24-10-11-28(21)3)15-4-7-17(23)8-5-15/h4-12,20H,1-3H3,(H,27,29). The van der Waals surface area contributed by atoms with Gasteiger partial charge < -0.3 is 9.88 Å². The van der Waals surface area contributed by atoms with E-state index in [1.807, 2.05) is 25.5 Å². The minimum Gasteiger partial charge on any atom is -0.338 e. The number of aromatic nitrogens is 4. The molecule has 0 bridgehead atoms. The van der Waals surface area contributed by atoms with Gasteiger partial charge in [-0.3, -0.25) is 4.79 Å². The molecular weight excluding hydrogens is 369 g/mol. The molecule has 0 aliphatic rings. The highest BCUT2D eigenvalue weighted by Crippen LogP contribution is 2.22. The first-order valence-electron chi connectivity index (χ1n) is 9.21. The lowest BCUT2D eigenvalue weighted by atomic mass is 10.0. The van der Waals surface area contributed by atoms with Gasteiger partial charge in [0.15, 0.2) is 0 Å². The molecule has 1 unspecified atom stereocenters. The Labute approximate surface area is 167 Å². The van der Waals surface area contributed by atoms with Crippen LogP contribution in [0.3, 0.4) is 0 Å². The number of fused-ring (bicyclic) bond motifs is 1. The molecule has 146 valence electrons. The summed E-state index contributed by atoms with van der Waals surface area (Å²) in [5, 5.41) is 3.01. The Morgan fingerprint density at radius 1 is 1.03 bits per heavy atom. The number of carbonyl (C=O) groups is 1. The second kappa shape index (κ2) is 7.43. The minimum atomic E-state index is -0.523. The molecule has 2 heterocycles. The van der Waals surface area contributed by atoms with E-state index in [9.17, 15) is 9.18 Å². The molecule has 7 heteroatoms. The molecule has 1 amide bonds. The van der Waals surface area contributed by atoms with Crippen LogP contribution >= 0.6 is 0 Å². The van der Waals surface area contributed by atoms with E-state index in [-0.39, 0.29) is 11.7 Å². The quantitative estimate of drug-likeness (QED) is 0.578. The fraction of sp³-hybridized carbons (Fsp3) is 0.182. The average Bonchev–Trinajstić information content (AvgIpc) is 3.13. The van der Waals surface area contributed by atoms with Gasteiger partial charge in [-0.05, 0) is 49.7 Å². The lowest BCUT2D eigenvalue weighted by Gasteiger charge is -2.19. The molecule has 29 heavy (non-hydrogen) atoms. The van der Waals surface area contributed by atoms with Crippen molar-refractivity contribution < 1.29 is 9.18 Å². The summed E-state index contributed by atoms with van der Waals surface area (Å²) in [5.74, 6) is 0.0405. The maximum Gasteiger partial charge on any atom is 0.252 e. The van der Waals surface area contributed by atoms with E-state index in [2.05, 4.69) is 20.3 Å². The summed E-state index contributed by atoms with van der Waals surface area (Å²) in [4.78, 5) is 26.4. The Morgan fingerprint density at radius 3 is 2.38 bits per heavy atom. The number of nitrogens with one attached hydrogen (secondary N) is 1. The lowest BCUT2D eigenvalue weighted by Crippen LogP contribution is -2.31. The van der Waals surface area contributed by atoms with Crippen LogP contribution in [0, 0.1) is 19.7 Å². The van der Waals surface area contributed by atoms with Gasteiger partial charge in [-0.15, -0.1) is 0 Å². The number of hydrogen-bond donors (Lipinski definition) is 1. The van der Waals surface area contributed by atoms with E-state index in [1.54, 1.807) is 42.7 Å². The van der Waals surface area contributed by atoms with Crippen molar-refractivity contribution in [3.63, 3.8) is 0 Å². The molecule has 2 aromatic carbocycles. The van der Waals surface area contributed by atoms with E-state index in [0.29, 0.717) is 16.9 Å². The SMILES string of the molecule is Cc1nc2ccc(C(=O)NC(c3ccc(F)cc3)c3nccn3C)cc2nc1C. The highest BCUT2D eigenvalue weighted by Gasteiger charge is 2.22. The number of carbonyl (C=O) groups excluding carboxylic acids is 1. The molecule has 0 spiro atoms. The first-order valence-corrected chi connectivity index (χ1v) is 9.21. The Hall–Kier alpha value is -3.61. The Morgan fingerprint density at radius 2 is 1.72 bits per heavy atom. The molecule has 1 N–H and O–H groups in total. The number of aryl methyl sites for hydroxylation is 3. The lowest BCUT2D eigenvalue weighted by molar-refractivity contribution is 0.0941. The average molecular weight is 389 g/mol. The normalized spacial score (nSPS) is 12.1. The molecule has 6 nitrogen and oxygen atoms in total. The van der Waals surface area contributed by atoms with Crippen LogP contribution < -0.4 is 5.32 Å². The van der Waals surface area contributed by atoms with E-state index in [0.717, 1.165) is 22.5 Å². The van der Waals surface area contributed by atoms with Crippen molar-refractivity contribution in [2.45, 2.75) is 19.9 Å². The van der Waals surface area contributed by atoms with Gasteiger partial charge in [-0.1, -0.05) is 12.1 Å². The van der Waals surface area contributed by atoms with Crippen molar-refractivity contribution in [3.8, 4) is 0 Å². The number of amides is 1. The highest BCUT2D eigenvalue weighted by molar-refractivity contribution is 5.97. The molecular formula is C22H20FN5O. The summed E-state index contributed by atoms with van der Waals surface area (Å²) < 4.78 is 15.2. The number of benzene rings is 2. The third-order valence-corrected chi connectivity index (χ3v) is 4.93. The number of imidazole rings is 1. The summed E-state index contributed by atoms with van der Waals surface area (Å²) in [6.45, 7) is 3.79. The number of nitrogens with zero attached hydrogens (tertiary/aromatic N) is 4. The van der Waals surface area contributed by atoms with Gasteiger partial charge in [0.05, 0.1) is 22.4 Å². The molecule has 0 fully saturated rings. The van der Waals surface area contributed by atoms with Gasteiger partial charge in [-0.2, -0.15) is 0 Å². The van der Waals surface area contributed by atoms with E-state index in [1.165, 1.54) is 12.1 Å². The van der Waals surface area contributed by atoms with Crippen molar-refractivity contribution in [3.05, 3.63) is 89.0 Å². The summed E-state index contributed by atoms with van der Waals surface area (Å²) in [6.07, 6.45) is 3.46. The molecule has 0 saturated heterocycles. The summed E-state index contributed by atoms with van der Waals surface area (Å²) in [5.41, 5.74) is 4.30. The van der Waals surface area contributed by atoms with Gasteiger partial charge in [0.1, 0.15) is 17.7 Å². The maximum absolute atomic E-state index is 13.4. The molecule has 0 radical (unpaired) electrons. The third-order valence-electron chi connectivity index (χ3n) is 4.93. The van der Waals surface area contributed by atoms with Crippen LogP contribution in [0.25, 0.3) is 11.0 Å². The third kappa shape index (κ3) is 3.71. The van der Waals surface area contributed by atoms with Crippen LogP contribution in [0.15, 0.2) is 54.9 Å². The fourth-order valence-corrected chi connectivity index (χ4v) is 3.19. The molecule has 4 rings (SSSR count). The first-order chi connectivity index (χ1) is 13.9. The van der Waals surface area contributed by atoms with Gasteiger partial charge in [0.2, 0.25) is 0 Å².